The molecule has 0 radical (unpaired) electrons. The Kier molecular flexibility index (Phi) is 5.91. The number of hydrogen-bond acceptors (Lipinski definition) is 4. The van der Waals surface area contributed by atoms with Gasteiger partial charge >= 0.3 is 0 Å². The van der Waals surface area contributed by atoms with E-state index in [0.29, 0.717) is 25.2 Å². The summed E-state index contributed by atoms with van der Waals surface area (Å²) >= 11 is 0. The first-order valence-corrected chi connectivity index (χ1v) is 9.10. The van der Waals surface area contributed by atoms with E-state index in [-0.39, 0.29) is 17.7 Å². The summed E-state index contributed by atoms with van der Waals surface area (Å²) in [6.07, 6.45) is 3.39. The van der Waals surface area contributed by atoms with Crippen molar-refractivity contribution < 1.29 is 14.3 Å². The molecule has 0 aliphatic rings. The van der Waals surface area contributed by atoms with E-state index in [9.17, 15) is 9.90 Å². The fourth-order valence-corrected chi connectivity index (χ4v) is 2.99. The highest BCUT2D eigenvalue weighted by Crippen LogP contribution is 2.27. The quantitative estimate of drug-likeness (QED) is 0.666. The van der Waals surface area contributed by atoms with Gasteiger partial charge in [0, 0.05) is 31.0 Å². The van der Waals surface area contributed by atoms with Crippen LogP contribution < -0.4 is 0 Å². The number of para-hydroxylation sites is 1. The van der Waals surface area contributed by atoms with Crippen molar-refractivity contribution >= 4 is 5.91 Å². The molecule has 3 rings (SSSR count). The second-order valence-electron chi connectivity index (χ2n) is 6.58. The summed E-state index contributed by atoms with van der Waals surface area (Å²) < 4.78 is 5.78. The minimum Gasteiger partial charge on any atom is -0.508 e. The average Bonchev–Trinajstić information content (AvgIpc) is 3.17. The number of carbonyl (C=O) groups is 1. The Bertz CT molecular complexity index is 889. The lowest BCUT2D eigenvalue weighted by atomic mass is 10.1. The number of phenolic OH excluding ortho intramolecular Hbond substituents is 1. The molecule has 5 nitrogen and oxygen atoms in total. The number of rotatable bonds is 7. The minimum absolute atomic E-state index is 0.0283. The molecule has 0 fully saturated rings. The number of aryl methyl sites for hydroxylation is 1. The maximum absolute atomic E-state index is 12.5. The number of hydrogen-bond donors (Lipinski definition) is 1. The maximum atomic E-state index is 12.5. The Hall–Kier alpha value is -3.08. The fraction of sp³-hybridized carbons (Fsp3) is 0.273. The van der Waals surface area contributed by atoms with Gasteiger partial charge in [0.1, 0.15) is 5.75 Å². The average molecular weight is 364 g/mol. The van der Waals surface area contributed by atoms with Gasteiger partial charge in [0.05, 0.1) is 12.2 Å². The van der Waals surface area contributed by atoms with E-state index >= 15 is 0 Å². The van der Waals surface area contributed by atoms with Crippen molar-refractivity contribution in [3.05, 3.63) is 72.2 Å². The van der Waals surface area contributed by atoms with E-state index in [0.717, 1.165) is 16.9 Å². The van der Waals surface area contributed by atoms with Crippen LogP contribution in [0.5, 0.6) is 5.75 Å². The van der Waals surface area contributed by atoms with Crippen molar-refractivity contribution in [2.45, 2.75) is 32.2 Å². The highest BCUT2D eigenvalue weighted by molar-refractivity contribution is 5.76. The molecule has 0 spiro atoms. The van der Waals surface area contributed by atoms with E-state index in [1.54, 1.807) is 30.3 Å². The van der Waals surface area contributed by atoms with Gasteiger partial charge in [-0.3, -0.25) is 4.79 Å². The predicted octanol–water partition coefficient (Wildman–Crippen LogP) is 4.59. The van der Waals surface area contributed by atoms with E-state index in [1.165, 1.54) is 0 Å². The lowest BCUT2D eigenvalue weighted by Gasteiger charge is -2.26. The number of benzene rings is 2. The topological polar surface area (TPSA) is 66.6 Å². The van der Waals surface area contributed by atoms with Gasteiger partial charge in [-0.2, -0.15) is 0 Å². The van der Waals surface area contributed by atoms with Crippen LogP contribution >= 0.6 is 0 Å². The van der Waals surface area contributed by atoms with Crippen LogP contribution in [0.2, 0.25) is 0 Å². The Morgan fingerprint density at radius 2 is 1.85 bits per heavy atom. The molecule has 5 heteroatoms. The fourth-order valence-electron chi connectivity index (χ4n) is 2.99. The van der Waals surface area contributed by atoms with Crippen LogP contribution in [-0.4, -0.2) is 27.9 Å². The number of amides is 1. The molecule has 1 aromatic heterocycles. The lowest BCUT2D eigenvalue weighted by molar-refractivity contribution is -0.131. The van der Waals surface area contributed by atoms with Crippen LogP contribution in [-0.2, 0) is 11.2 Å². The van der Waals surface area contributed by atoms with Gasteiger partial charge in [0.2, 0.25) is 5.91 Å². The first-order chi connectivity index (χ1) is 13.1. The zero-order chi connectivity index (χ0) is 19.2. The van der Waals surface area contributed by atoms with Crippen molar-refractivity contribution in [3.63, 3.8) is 0 Å². The Labute approximate surface area is 159 Å². The third-order valence-corrected chi connectivity index (χ3v) is 4.75. The molecule has 1 amide bonds. The molecule has 0 aliphatic heterocycles. The second kappa shape index (κ2) is 8.54. The number of phenols is 1. The Morgan fingerprint density at radius 3 is 2.59 bits per heavy atom. The highest BCUT2D eigenvalue weighted by Gasteiger charge is 2.19. The molecule has 140 valence electrons. The van der Waals surface area contributed by atoms with Crippen LogP contribution in [0.15, 0.2) is 65.2 Å². The number of oxazole rings is 1. The first kappa shape index (κ1) is 18.7. The highest BCUT2D eigenvalue weighted by atomic mass is 16.4. The van der Waals surface area contributed by atoms with Gasteiger partial charge in [-0.05, 0) is 19.4 Å². The molecule has 27 heavy (non-hydrogen) atoms. The normalized spacial score (nSPS) is 11.9. The number of aromatic hydroxyl groups is 1. The first-order valence-electron chi connectivity index (χ1n) is 9.10. The van der Waals surface area contributed by atoms with Crippen molar-refractivity contribution in [2.75, 3.05) is 7.05 Å². The summed E-state index contributed by atoms with van der Waals surface area (Å²) in [4.78, 5) is 18.4. The molecular formula is C22H24N2O3. The zero-order valence-corrected chi connectivity index (χ0v) is 15.6. The third-order valence-electron chi connectivity index (χ3n) is 4.75. The van der Waals surface area contributed by atoms with Crippen LogP contribution in [0.3, 0.4) is 0 Å². The SMILES string of the molecule is C[C@H](c1ccccc1O)N(C)C(=O)CCCc1ncc(-c2ccccc2)o1. The number of nitrogens with zero attached hydrogens (tertiary/aromatic N) is 2. The van der Waals surface area contributed by atoms with E-state index in [1.807, 2.05) is 49.4 Å². The standard InChI is InChI=1S/C22H24N2O3/c1-16(18-11-6-7-12-19(18)25)24(2)22(26)14-8-13-21-23-15-20(27-21)17-9-4-3-5-10-17/h3-7,9-12,15-16,25H,8,13-14H2,1-2H3/t16-/m1/s1. The molecular weight excluding hydrogens is 340 g/mol. The molecule has 3 aromatic rings. The predicted molar refractivity (Wildman–Crippen MR) is 104 cm³/mol. The van der Waals surface area contributed by atoms with Crippen LogP contribution in [0.1, 0.15) is 37.3 Å². The molecule has 1 atom stereocenters. The summed E-state index contributed by atoms with van der Waals surface area (Å²) in [5.41, 5.74) is 1.73. The number of aromatic nitrogens is 1. The zero-order valence-electron chi connectivity index (χ0n) is 15.6. The van der Waals surface area contributed by atoms with Crippen molar-refractivity contribution in [1.82, 2.24) is 9.88 Å². The van der Waals surface area contributed by atoms with E-state index in [4.69, 9.17) is 4.42 Å². The van der Waals surface area contributed by atoms with Gasteiger partial charge in [0.25, 0.3) is 0 Å². The molecule has 1 N–H and O–H groups in total. The monoisotopic (exact) mass is 364 g/mol. The molecule has 0 saturated carbocycles. The molecule has 0 aliphatic carbocycles. The summed E-state index contributed by atoms with van der Waals surface area (Å²) in [5.74, 6) is 1.61. The number of carbonyl (C=O) groups excluding carboxylic acids is 1. The van der Waals surface area contributed by atoms with Crippen LogP contribution in [0.25, 0.3) is 11.3 Å². The van der Waals surface area contributed by atoms with Gasteiger partial charge < -0.3 is 14.4 Å². The molecule has 0 saturated heterocycles. The maximum Gasteiger partial charge on any atom is 0.222 e. The second-order valence-corrected chi connectivity index (χ2v) is 6.58. The van der Waals surface area contributed by atoms with Crippen molar-refractivity contribution in [2.24, 2.45) is 0 Å². The van der Waals surface area contributed by atoms with Gasteiger partial charge in [-0.25, -0.2) is 4.98 Å². The Morgan fingerprint density at radius 1 is 1.15 bits per heavy atom. The van der Waals surface area contributed by atoms with Crippen LogP contribution in [0.4, 0.5) is 0 Å². The summed E-state index contributed by atoms with van der Waals surface area (Å²) in [5, 5.41) is 9.97. The van der Waals surface area contributed by atoms with Crippen LogP contribution in [0, 0.1) is 0 Å². The summed E-state index contributed by atoms with van der Waals surface area (Å²) in [6.45, 7) is 1.91. The smallest absolute Gasteiger partial charge is 0.222 e. The van der Waals surface area contributed by atoms with Gasteiger partial charge in [-0.1, -0.05) is 48.5 Å². The van der Waals surface area contributed by atoms with Gasteiger partial charge in [0.15, 0.2) is 11.7 Å². The van der Waals surface area contributed by atoms with Crippen molar-refractivity contribution in [1.29, 1.82) is 0 Å². The molecule has 2 aromatic carbocycles. The molecule has 1 heterocycles. The van der Waals surface area contributed by atoms with Crippen molar-refractivity contribution in [3.8, 4) is 17.1 Å². The summed E-state index contributed by atoms with van der Waals surface area (Å²) in [6, 6.07) is 16.7. The van der Waals surface area contributed by atoms with E-state index in [2.05, 4.69) is 4.98 Å². The van der Waals surface area contributed by atoms with E-state index < -0.39 is 0 Å². The lowest BCUT2D eigenvalue weighted by Crippen LogP contribution is -2.29. The molecule has 0 bridgehead atoms. The minimum atomic E-state index is -0.190. The largest absolute Gasteiger partial charge is 0.508 e. The van der Waals surface area contributed by atoms with Gasteiger partial charge in [-0.15, -0.1) is 0 Å². The Balaban J connectivity index is 1.52. The third kappa shape index (κ3) is 4.56. The molecule has 0 unspecified atom stereocenters. The summed E-state index contributed by atoms with van der Waals surface area (Å²) in [7, 11) is 1.76.